The van der Waals surface area contributed by atoms with Gasteiger partial charge in [-0.3, -0.25) is 9.48 Å². The highest BCUT2D eigenvalue weighted by Crippen LogP contribution is 2.27. The van der Waals surface area contributed by atoms with Crippen molar-refractivity contribution < 1.29 is 14.6 Å². The van der Waals surface area contributed by atoms with Gasteiger partial charge in [0, 0.05) is 18.7 Å². The van der Waals surface area contributed by atoms with Crippen LogP contribution < -0.4 is 5.32 Å². The minimum atomic E-state index is -0.314. The molecular weight excluding hydrogens is 332 g/mol. The highest BCUT2D eigenvalue weighted by Gasteiger charge is 2.33. The molecule has 2 heterocycles. The minimum absolute atomic E-state index is 0.0594. The summed E-state index contributed by atoms with van der Waals surface area (Å²) in [6, 6.07) is -0.0770. The van der Waals surface area contributed by atoms with Crippen LogP contribution in [-0.2, 0) is 22.5 Å². The van der Waals surface area contributed by atoms with Gasteiger partial charge in [0.2, 0.25) is 5.91 Å². The number of nitrogens with one attached hydrogen (secondary N) is 1. The molecule has 2 aliphatic rings. The summed E-state index contributed by atoms with van der Waals surface area (Å²) in [6.07, 6.45) is 10.7. The Hall–Kier alpha value is -1.47. The number of aryl methyl sites for hydroxylation is 2. The van der Waals surface area contributed by atoms with Gasteiger partial charge < -0.3 is 15.2 Å². The van der Waals surface area contributed by atoms with Crippen molar-refractivity contribution in [3.63, 3.8) is 0 Å². The lowest BCUT2D eigenvalue weighted by atomic mass is 9.96. The Morgan fingerprint density at radius 3 is 2.88 bits per heavy atom. The summed E-state index contributed by atoms with van der Waals surface area (Å²) in [5, 5.41) is 21.2. The van der Waals surface area contributed by atoms with Crippen molar-refractivity contribution in [1.29, 1.82) is 0 Å². The van der Waals surface area contributed by atoms with E-state index in [1.807, 2.05) is 10.9 Å². The Morgan fingerprint density at radius 2 is 2.15 bits per heavy atom. The molecule has 146 valence electrons. The monoisotopic (exact) mass is 364 g/mol. The highest BCUT2D eigenvalue weighted by molar-refractivity contribution is 5.79. The maximum absolute atomic E-state index is 12.4. The zero-order valence-corrected chi connectivity index (χ0v) is 15.8. The maximum Gasteiger partial charge on any atom is 0.223 e. The van der Waals surface area contributed by atoms with Gasteiger partial charge >= 0.3 is 0 Å². The van der Waals surface area contributed by atoms with Crippen LogP contribution in [-0.4, -0.2) is 50.9 Å². The Balaban J connectivity index is 1.45. The molecule has 0 unspecified atom stereocenters. The van der Waals surface area contributed by atoms with Gasteiger partial charge in [0.05, 0.1) is 24.4 Å². The molecule has 1 aliphatic carbocycles. The number of rotatable bonds is 8. The molecule has 0 radical (unpaired) electrons. The molecule has 2 fully saturated rings. The molecular formula is C19H32N4O3. The number of carbonyl (C=O) groups excluding carboxylic acids is 1. The molecule has 26 heavy (non-hydrogen) atoms. The first kappa shape index (κ1) is 19.3. The predicted octanol–water partition coefficient (Wildman–Crippen LogP) is 1.84. The van der Waals surface area contributed by atoms with E-state index in [4.69, 9.17) is 4.74 Å². The minimum Gasteiger partial charge on any atom is -0.394 e. The first-order valence-electron chi connectivity index (χ1n) is 10.1. The number of hydrogen-bond acceptors (Lipinski definition) is 5. The Morgan fingerprint density at radius 1 is 1.35 bits per heavy atom. The topological polar surface area (TPSA) is 89.3 Å². The summed E-state index contributed by atoms with van der Waals surface area (Å²) >= 11 is 0. The largest absolute Gasteiger partial charge is 0.394 e. The highest BCUT2D eigenvalue weighted by atomic mass is 16.5. The van der Waals surface area contributed by atoms with Gasteiger partial charge in [0.25, 0.3) is 0 Å². The quantitative estimate of drug-likeness (QED) is 0.735. The number of carbonyl (C=O) groups is 1. The van der Waals surface area contributed by atoms with Crippen LogP contribution in [0.2, 0.25) is 0 Å². The fraction of sp³-hybridized carbons (Fsp3) is 0.842. The second kappa shape index (κ2) is 9.46. The fourth-order valence-corrected chi connectivity index (χ4v) is 4.09. The summed E-state index contributed by atoms with van der Waals surface area (Å²) in [5.41, 5.74) is 1.03. The van der Waals surface area contributed by atoms with Gasteiger partial charge in [0.1, 0.15) is 6.10 Å². The van der Waals surface area contributed by atoms with Crippen LogP contribution >= 0.6 is 0 Å². The van der Waals surface area contributed by atoms with E-state index < -0.39 is 0 Å². The van der Waals surface area contributed by atoms with E-state index in [9.17, 15) is 9.90 Å². The molecule has 3 rings (SSSR count). The molecule has 1 aliphatic heterocycles. The summed E-state index contributed by atoms with van der Waals surface area (Å²) in [4.78, 5) is 12.4. The molecule has 1 saturated heterocycles. The van der Waals surface area contributed by atoms with Crippen molar-refractivity contribution in [3.8, 4) is 0 Å². The first-order valence-corrected chi connectivity index (χ1v) is 10.1. The van der Waals surface area contributed by atoms with Crippen molar-refractivity contribution in [2.45, 2.75) is 89.5 Å². The summed E-state index contributed by atoms with van der Waals surface area (Å²) in [5.74, 6) is 0.288. The van der Waals surface area contributed by atoms with Crippen LogP contribution in [0.3, 0.4) is 0 Å². The number of nitrogens with zero attached hydrogens (tertiary/aromatic N) is 3. The Kier molecular flexibility index (Phi) is 7.02. The standard InChI is InChI=1S/C19H32N4O3/c1-2-5-15-12-23(22-21-15)11-10-16-8-9-17(18(13-24)26-16)20-19(25)14-6-3-4-7-14/h12,14,16-18,24H,2-11,13H2,1H3,(H,20,25)/t16-,17+,18+/m0/s1. The molecule has 2 N–H and O–H groups in total. The number of hydrogen-bond donors (Lipinski definition) is 2. The average molecular weight is 364 g/mol. The molecule has 7 heteroatoms. The van der Waals surface area contributed by atoms with E-state index in [1.165, 1.54) is 0 Å². The zero-order chi connectivity index (χ0) is 18.4. The van der Waals surface area contributed by atoms with Crippen LogP contribution in [0.5, 0.6) is 0 Å². The first-order chi connectivity index (χ1) is 12.7. The van der Waals surface area contributed by atoms with E-state index in [1.54, 1.807) is 0 Å². The van der Waals surface area contributed by atoms with Gasteiger partial charge in [-0.1, -0.05) is 31.4 Å². The summed E-state index contributed by atoms with van der Waals surface area (Å²) < 4.78 is 7.93. The van der Waals surface area contributed by atoms with Crippen LogP contribution in [0.25, 0.3) is 0 Å². The lowest BCUT2D eigenvalue weighted by Crippen LogP contribution is -2.52. The van der Waals surface area contributed by atoms with Crippen LogP contribution in [0.15, 0.2) is 6.20 Å². The van der Waals surface area contributed by atoms with E-state index in [-0.39, 0.29) is 36.7 Å². The predicted molar refractivity (Wildman–Crippen MR) is 97.5 cm³/mol. The van der Waals surface area contributed by atoms with Gasteiger partial charge in [0.15, 0.2) is 0 Å². The third-order valence-corrected chi connectivity index (χ3v) is 5.62. The number of ether oxygens (including phenoxy) is 1. The third-order valence-electron chi connectivity index (χ3n) is 5.62. The number of amides is 1. The fourth-order valence-electron chi connectivity index (χ4n) is 4.09. The molecule has 1 aromatic rings. The SMILES string of the molecule is CCCc1cn(CC[C@@H]2CC[C@@H](NC(=O)C3CCCC3)[C@@H](CO)O2)nn1. The van der Waals surface area contributed by atoms with Crippen molar-refractivity contribution in [2.75, 3.05) is 6.61 Å². The van der Waals surface area contributed by atoms with Gasteiger partial charge in [-0.05, 0) is 38.5 Å². The van der Waals surface area contributed by atoms with Crippen molar-refractivity contribution in [3.05, 3.63) is 11.9 Å². The summed E-state index contributed by atoms with van der Waals surface area (Å²) in [7, 11) is 0. The molecule has 0 bridgehead atoms. The summed E-state index contributed by atoms with van der Waals surface area (Å²) in [6.45, 7) is 2.83. The van der Waals surface area contributed by atoms with Gasteiger partial charge in [-0.2, -0.15) is 0 Å². The molecule has 1 saturated carbocycles. The van der Waals surface area contributed by atoms with E-state index >= 15 is 0 Å². The van der Waals surface area contributed by atoms with Crippen molar-refractivity contribution >= 4 is 5.91 Å². The van der Waals surface area contributed by atoms with Crippen molar-refractivity contribution in [1.82, 2.24) is 20.3 Å². The van der Waals surface area contributed by atoms with Crippen LogP contribution in [0, 0.1) is 5.92 Å². The maximum atomic E-state index is 12.4. The lowest BCUT2D eigenvalue weighted by Gasteiger charge is -2.36. The molecule has 1 amide bonds. The van der Waals surface area contributed by atoms with Gasteiger partial charge in [-0.15, -0.1) is 5.10 Å². The molecule has 1 aromatic heterocycles. The molecule has 0 aromatic carbocycles. The molecule has 7 nitrogen and oxygen atoms in total. The van der Waals surface area contributed by atoms with Crippen molar-refractivity contribution in [2.24, 2.45) is 5.92 Å². The third kappa shape index (κ3) is 5.04. The Labute approximate surface area is 155 Å². The number of aromatic nitrogens is 3. The smallest absolute Gasteiger partial charge is 0.223 e. The second-order valence-electron chi connectivity index (χ2n) is 7.66. The lowest BCUT2D eigenvalue weighted by molar-refractivity contribution is -0.132. The van der Waals surface area contributed by atoms with E-state index in [0.29, 0.717) is 0 Å². The average Bonchev–Trinajstić information content (AvgIpc) is 3.33. The zero-order valence-electron chi connectivity index (χ0n) is 15.8. The van der Waals surface area contributed by atoms with Gasteiger partial charge in [-0.25, -0.2) is 0 Å². The second-order valence-corrected chi connectivity index (χ2v) is 7.66. The van der Waals surface area contributed by atoms with E-state index in [2.05, 4.69) is 22.6 Å². The Bertz CT molecular complexity index is 571. The molecule has 3 atom stereocenters. The van der Waals surface area contributed by atoms with E-state index in [0.717, 1.165) is 70.0 Å². The number of aliphatic hydroxyl groups is 1. The van der Waals surface area contributed by atoms with Crippen LogP contribution in [0.1, 0.15) is 64.0 Å². The number of aliphatic hydroxyl groups excluding tert-OH is 1. The normalized spacial score (nSPS) is 26.9. The van der Waals surface area contributed by atoms with Crippen LogP contribution in [0.4, 0.5) is 0 Å². The molecule has 0 spiro atoms.